The van der Waals surface area contributed by atoms with E-state index in [0.29, 0.717) is 11.0 Å². The van der Waals surface area contributed by atoms with Crippen LogP contribution in [-0.2, 0) is 6.54 Å². The Hall–Kier alpha value is -1.63. The van der Waals surface area contributed by atoms with Gasteiger partial charge in [0.1, 0.15) is 6.61 Å². The first-order valence-electron chi connectivity index (χ1n) is 5.73. The molecule has 3 nitrogen and oxygen atoms in total. The molecule has 0 unspecified atom stereocenters. The van der Waals surface area contributed by atoms with Gasteiger partial charge in [-0.15, -0.1) is 13.2 Å². The molecule has 108 valence electrons. The van der Waals surface area contributed by atoms with E-state index < -0.39 is 6.36 Å². The maximum atomic E-state index is 12.3. The molecule has 0 radical (unpaired) electrons. The molecular formula is C13H11BrF3NO2. The largest absolute Gasteiger partial charge is 0.573 e. The van der Waals surface area contributed by atoms with Gasteiger partial charge in [0.25, 0.3) is 0 Å². The number of hydrogen-bond acceptors (Lipinski definition) is 2. The highest BCUT2D eigenvalue weighted by molar-refractivity contribution is 9.10. The van der Waals surface area contributed by atoms with Crippen LogP contribution in [0.15, 0.2) is 47.2 Å². The zero-order chi connectivity index (χ0) is 14.6. The van der Waals surface area contributed by atoms with Crippen molar-refractivity contribution in [2.75, 3.05) is 6.61 Å². The lowest BCUT2D eigenvalue weighted by Crippen LogP contribution is -2.18. The maximum Gasteiger partial charge on any atom is 0.573 e. The van der Waals surface area contributed by atoms with Crippen LogP contribution in [0, 0.1) is 0 Å². The molecule has 0 aliphatic rings. The first-order chi connectivity index (χ1) is 9.44. The fourth-order valence-electron chi connectivity index (χ4n) is 1.59. The van der Waals surface area contributed by atoms with Crippen LogP contribution in [0.1, 0.15) is 0 Å². The quantitative estimate of drug-likeness (QED) is 0.806. The molecule has 0 saturated heterocycles. The molecule has 2 rings (SSSR count). The lowest BCUT2D eigenvalue weighted by molar-refractivity contribution is -0.275. The number of nitrogens with zero attached hydrogens (tertiary/aromatic N) is 1. The van der Waals surface area contributed by atoms with Crippen LogP contribution in [0.2, 0.25) is 0 Å². The molecule has 0 bridgehead atoms. The fraction of sp³-hybridized carbons (Fsp3) is 0.231. The van der Waals surface area contributed by atoms with Gasteiger partial charge in [0, 0.05) is 16.9 Å². The Morgan fingerprint density at radius 3 is 2.45 bits per heavy atom. The van der Waals surface area contributed by atoms with Crippen molar-refractivity contribution < 1.29 is 22.6 Å². The Morgan fingerprint density at radius 1 is 1.10 bits per heavy atom. The molecule has 0 aliphatic carbocycles. The maximum absolute atomic E-state index is 12.3. The van der Waals surface area contributed by atoms with E-state index in [4.69, 9.17) is 4.74 Å². The summed E-state index contributed by atoms with van der Waals surface area (Å²) in [6.07, 6.45) is -1.06. The zero-order valence-corrected chi connectivity index (χ0v) is 11.8. The lowest BCUT2D eigenvalue weighted by atomic mass is 10.3. The van der Waals surface area contributed by atoms with Gasteiger partial charge in [-0.3, -0.25) is 0 Å². The molecule has 1 aromatic carbocycles. The summed E-state index contributed by atoms with van der Waals surface area (Å²) < 4.78 is 48.5. The van der Waals surface area contributed by atoms with E-state index in [1.54, 1.807) is 6.07 Å². The third kappa shape index (κ3) is 4.48. The number of halogens is 4. The highest BCUT2D eigenvalue weighted by Crippen LogP contribution is 2.34. The van der Waals surface area contributed by atoms with E-state index in [1.807, 2.05) is 29.1 Å². The first kappa shape index (κ1) is 14.8. The van der Waals surface area contributed by atoms with E-state index in [9.17, 15) is 13.2 Å². The van der Waals surface area contributed by atoms with Gasteiger partial charge in [-0.25, -0.2) is 0 Å². The molecule has 0 saturated carbocycles. The average molecular weight is 350 g/mol. The highest BCUT2D eigenvalue weighted by atomic mass is 79.9. The summed E-state index contributed by atoms with van der Waals surface area (Å²) in [7, 11) is 0. The van der Waals surface area contributed by atoms with Crippen molar-refractivity contribution in [3.8, 4) is 11.5 Å². The van der Waals surface area contributed by atoms with Gasteiger partial charge in [-0.2, -0.15) is 0 Å². The molecule has 0 amide bonds. The van der Waals surface area contributed by atoms with Crippen LogP contribution < -0.4 is 9.47 Å². The standard InChI is InChI=1S/C13H11BrF3NO2/c14-10-3-4-11(12(9-10)20-13(15,16)17)19-8-7-18-5-1-2-6-18/h1-6,9H,7-8H2. The summed E-state index contributed by atoms with van der Waals surface area (Å²) in [5.74, 6) is -0.308. The van der Waals surface area contributed by atoms with Crippen LogP contribution in [0.5, 0.6) is 11.5 Å². The van der Waals surface area contributed by atoms with Gasteiger partial charge in [-0.05, 0) is 30.3 Å². The van der Waals surface area contributed by atoms with Crippen molar-refractivity contribution in [3.63, 3.8) is 0 Å². The average Bonchev–Trinajstić information content (AvgIpc) is 2.83. The van der Waals surface area contributed by atoms with Crippen LogP contribution >= 0.6 is 15.9 Å². The van der Waals surface area contributed by atoms with Crippen molar-refractivity contribution in [2.24, 2.45) is 0 Å². The van der Waals surface area contributed by atoms with E-state index in [1.165, 1.54) is 12.1 Å². The van der Waals surface area contributed by atoms with Crippen molar-refractivity contribution in [3.05, 3.63) is 47.2 Å². The number of hydrogen-bond donors (Lipinski definition) is 0. The number of rotatable bonds is 5. The summed E-state index contributed by atoms with van der Waals surface area (Å²) in [6, 6.07) is 7.96. The lowest BCUT2D eigenvalue weighted by Gasteiger charge is -2.14. The number of benzene rings is 1. The SMILES string of the molecule is FC(F)(F)Oc1cc(Br)ccc1OCCn1cccc1. The number of ether oxygens (including phenoxy) is 2. The second kappa shape index (κ2) is 6.21. The Balaban J connectivity index is 2.02. The van der Waals surface area contributed by atoms with Crippen LogP contribution in [0.25, 0.3) is 0 Å². The molecule has 20 heavy (non-hydrogen) atoms. The van der Waals surface area contributed by atoms with Gasteiger partial charge in [-0.1, -0.05) is 15.9 Å². The summed E-state index contributed by atoms with van der Waals surface area (Å²) in [5, 5.41) is 0. The molecule has 0 fully saturated rings. The predicted molar refractivity (Wildman–Crippen MR) is 70.8 cm³/mol. The molecule has 0 spiro atoms. The molecule has 7 heteroatoms. The van der Waals surface area contributed by atoms with E-state index in [-0.39, 0.29) is 18.1 Å². The Morgan fingerprint density at radius 2 is 1.80 bits per heavy atom. The molecule has 0 aliphatic heterocycles. The molecule has 2 aromatic rings. The van der Waals surface area contributed by atoms with Crippen molar-refractivity contribution >= 4 is 15.9 Å². The second-order valence-corrected chi connectivity index (χ2v) is 4.82. The Bertz CT molecular complexity index is 555. The summed E-state index contributed by atoms with van der Waals surface area (Å²) >= 11 is 3.10. The zero-order valence-electron chi connectivity index (χ0n) is 10.2. The number of alkyl halides is 3. The highest BCUT2D eigenvalue weighted by Gasteiger charge is 2.32. The monoisotopic (exact) mass is 349 g/mol. The van der Waals surface area contributed by atoms with Gasteiger partial charge in [0.15, 0.2) is 11.5 Å². The summed E-state index contributed by atoms with van der Waals surface area (Å²) in [4.78, 5) is 0. The summed E-state index contributed by atoms with van der Waals surface area (Å²) in [5.41, 5.74) is 0. The molecule has 1 heterocycles. The molecular weight excluding hydrogens is 339 g/mol. The van der Waals surface area contributed by atoms with Gasteiger partial charge >= 0.3 is 6.36 Å². The molecule has 0 N–H and O–H groups in total. The second-order valence-electron chi connectivity index (χ2n) is 3.91. The molecule has 1 aromatic heterocycles. The van der Waals surface area contributed by atoms with E-state index >= 15 is 0 Å². The van der Waals surface area contributed by atoms with Crippen LogP contribution in [-0.4, -0.2) is 17.5 Å². The fourth-order valence-corrected chi connectivity index (χ4v) is 1.93. The number of aromatic nitrogens is 1. The van der Waals surface area contributed by atoms with E-state index in [2.05, 4.69) is 20.7 Å². The van der Waals surface area contributed by atoms with Crippen LogP contribution in [0.3, 0.4) is 0 Å². The normalized spacial score (nSPS) is 11.4. The van der Waals surface area contributed by atoms with Gasteiger partial charge < -0.3 is 14.0 Å². The molecule has 0 atom stereocenters. The third-order valence-corrected chi connectivity index (χ3v) is 2.90. The minimum absolute atomic E-state index is 0.0534. The smallest absolute Gasteiger partial charge is 0.488 e. The van der Waals surface area contributed by atoms with Crippen LogP contribution in [0.4, 0.5) is 13.2 Å². The predicted octanol–water partition coefficient (Wildman–Crippen LogP) is 4.23. The Labute approximate surface area is 122 Å². The van der Waals surface area contributed by atoms with E-state index in [0.717, 1.165) is 0 Å². The van der Waals surface area contributed by atoms with Gasteiger partial charge in [0.2, 0.25) is 0 Å². The van der Waals surface area contributed by atoms with Crippen molar-refractivity contribution in [1.29, 1.82) is 0 Å². The minimum atomic E-state index is -4.75. The van der Waals surface area contributed by atoms with Gasteiger partial charge in [0.05, 0.1) is 6.54 Å². The first-order valence-corrected chi connectivity index (χ1v) is 6.52. The Kier molecular flexibility index (Phi) is 4.59. The minimum Gasteiger partial charge on any atom is -0.488 e. The third-order valence-electron chi connectivity index (χ3n) is 2.40. The topological polar surface area (TPSA) is 23.4 Å². The van der Waals surface area contributed by atoms with Crippen molar-refractivity contribution in [2.45, 2.75) is 12.9 Å². The van der Waals surface area contributed by atoms with Crippen molar-refractivity contribution in [1.82, 2.24) is 4.57 Å². The summed E-state index contributed by atoms with van der Waals surface area (Å²) in [6.45, 7) is 0.777.